The summed E-state index contributed by atoms with van der Waals surface area (Å²) in [5, 5.41) is 12.2. The summed E-state index contributed by atoms with van der Waals surface area (Å²) in [6, 6.07) is 68.5. The standard InChI is InChI=1S/C55H39BrN2/c1-3-4-17-44-37(2)34-53(50-23-12-9-20-47(44)50)57(41-28-26-40(56)27-29-41)42-30-32-43(33-31-42)58(54-35-38-15-5-7-18-45(38)48-21-10-13-24-51(48)54)55-36-39-16-6-8-19-46(39)49-22-11-14-25-52(49)55/h3-36H,1H2,2H3/b17-4-. The molecule has 10 rings (SSSR count). The van der Waals surface area contributed by atoms with Gasteiger partial charge >= 0.3 is 0 Å². The number of benzene rings is 10. The molecule has 0 aliphatic carbocycles. The number of nitrogens with zero attached hydrogens (tertiary/aromatic N) is 2. The predicted molar refractivity (Wildman–Crippen MR) is 255 cm³/mol. The number of halogens is 1. The molecule has 58 heavy (non-hydrogen) atoms. The quantitative estimate of drug-likeness (QED) is 0.111. The van der Waals surface area contributed by atoms with Crippen molar-refractivity contribution < 1.29 is 0 Å². The monoisotopic (exact) mass is 806 g/mol. The van der Waals surface area contributed by atoms with Gasteiger partial charge in [-0.1, -0.05) is 162 Å². The van der Waals surface area contributed by atoms with E-state index >= 15 is 0 Å². The number of fused-ring (bicyclic) bond motifs is 7. The number of anilines is 6. The van der Waals surface area contributed by atoms with Crippen LogP contribution in [0.1, 0.15) is 11.1 Å². The SMILES string of the molecule is C=C/C=C\c1c(C)cc(N(c2ccc(Br)cc2)c2ccc(N(c3cc4ccccc4c4ccccc34)c3cc4ccccc4c4ccccc34)cc2)c2ccccc12. The number of aryl methyl sites for hydroxylation is 1. The van der Waals surface area contributed by atoms with Crippen molar-refractivity contribution in [2.75, 3.05) is 9.80 Å². The van der Waals surface area contributed by atoms with Crippen LogP contribution in [0.2, 0.25) is 0 Å². The van der Waals surface area contributed by atoms with Gasteiger partial charge in [-0.25, -0.2) is 0 Å². The smallest absolute Gasteiger partial charge is 0.0546 e. The molecule has 3 heteroatoms. The fourth-order valence-corrected chi connectivity index (χ4v) is 8.96. The molecule has 0 spiro atoms. The molecule has 0 radical (unpaired) electrons. The van der Waals surface area contributed by atoms with Gasteiger partial charge in [-0.05, 0) is 122 Å². The third-order valence-corrected chi connectivity index (χ3v) is 11.9. The molecule has 0 saturated heterocycles. The lowest BCUT2D eigenvalue weighted by Crippen LogP contribution is -2.13. The second kappa shape index (κ2) is 14.9. The largest absolute Gasteiger partial charge is 0.310 e. The molecule has 0 fully saturated rings. The lowest BCUT2D eigenvalue weighted by atomic mass is 9.96. The van der Waals surface area contributed by atoms with E-state index in [9.17, 15) is 0 Å². The highest BCUT2D eigenvalue weighted by Gasteiger charge is 2.23. The first-order valence-corrected chi connectivity index (χ1v) is 20.4. The van der Waals surface area contributed by atoms with Crippen LogP contribution in [0, 0.1) is 6.92 Å². The van der Waals surface area contributed by atoms with E-state index in [1.807, 2.05) is 12.2 Å². The Morgan fingerprint density at radius 1 is 0.414 bits per heavy atom. The van der Waals surface area contributed by atoms with Gasteiger partial charge in [0.25, 0.3) is 0 Å². The van der Waals surface area contributed by atoms with Crippen LogP contribution in [0.25, 0.3) is 59.9 Å². The minimum atomic E-state index is 1.04. The van der Waals surface area contributed by atoms with E-state index in [4.69, 9.17) is 0 Å². The number of rotatable bonds is 8. The van der Waals surface area contributed by atoms with Crippen LogP contribution in [-0.2, 0) is 0 Å². The van der Waals surface area contributed by atoms with Crippen molar-refractivity contribution in [3.8, 4) is 0 Å². The highest BCUT2D eigenvalue weighted by molar-refractivity contribution is 9.10. The summed E-state index contributed by atoms with van der Waals surface area (Å²) >= 11 is 3.69. The first-order valence-electron chi connectivity index (χ1n) is 19.7. The molecular weight excluding hydrogens is 769 g/mol. The highest BCUT2D eigenvalue weighted by atomic mass is 79.9. The van der Waals surface area contributed by atoms with Gasteiger partial charge in [-0.3, -0.25) is 0 Å². The maximum atomic E-state index is 3.93. The zero-order valence-electron chi connectivity index (χ0n) is 32.1. The molecule has 0 amide bonds. The van der Waals surface area contributed by atoms with E-state index < -0.39 is 0 Å². The van der Waals surface area contributed by atoms with Gasteiger partial charge in [0, 0.05) is 37.7 Å². The molecule has 0 aliphatic rings. The molecule has 10 aromatic rings. The molecule has 0 N–H and O–H groups in total. The van der Waals surface area contributed by atoms with Crippen LogP contribution < -0.4 is 9.80 Å². The molecule has 0 heterocycles. The Morgan fingerprint density at radius 2 is 0.793 bits per heavy atom. The fourth-order valence-electron chi connectivity index (χ4n) is 8.70. The summed E-state index contributed by atoms with van der Waals surface area (Å²) in [4.78, 5) is 4.85. The topological polar surface area (TPSA) is 6.48 Å². The van der Waals surface area contributed by atoms with Crippen molar-refractivity contribution in [3.05, 3.63) is 222 Å². The van der Waals surface area contributed by atoms with Gasteiger partial charge in [0.15, 0.2) is 0 Å². The summed E-state index contributed by atoms with van der Waals surface area (Å²) in [6.07, 6.45) is 6.01. The number of allylic oxidation sites excluding steroid dienone is 2. The zero-order valence-corrected chi connectivity index (χ0v) is 33.7. The predicted octanol–water partition coefficient (Wildman–Crippen LogP) is 16.7. The summed E-state index contributed by atoms with van der Waals surface area (Å²) in [6.45, 7) is 6.13. The van der Waals surface area contributed by atoms with E-state index in [2.05, 4.69) is 233 Å². The molecular formula is C55H39BrN2. The summed E-state index contributed by atoms with van der Waals surface area (Å²) in [5.41, 5.74) is 9.01. The lowest BCUT2D eigenvalue weighted by Gasteiger charge is -2.31. The van der Waals surface area contributed by atoms with Gasteiger partial charge < -0.3 is 9.80 Å². The summed E-state index contributed by atoms with van der Waals surface area (Å²) in [7, 11) is 0. The van der Waals surface area contributed by atoms with Crippen LogP contribution in [0.5, 0.6) is 0 Å². The second-order valence-corrected chi connectivity index (χ2v) is 15.7. The molecule has 0 saturated carbocycles. The van der Waals surface area contributed by atoms with Crippen molar-refractivity contribution in [2.45, 2.75) is 6.92 Å². The summed E-state index contributed by atoms with van der Waals surface area (Å²) in [5.74, 6) is 0. The Morgan fingerprint density at radius 3 is 1.29 bits per heavy atom. The van der Waals surface area contributed by atoms with Gasteiger partial charge in [-0.15, -0.1) is 0 Å². The first kappa shape index (κ1) is 35.5. The Kier molecular flexibility index (Phi) is 9.09. The van der Waals surface area contributed by atoms with Crippen LogP contribution in [0.3, 0.4) is 0 Å². The average Bonchev–Trinajstić information content (AvgIpc) is 3.27. The third kappa shape index (κ3) is 6.12. The van der Waals surface area contributed by atoms with Crippen LogP contribution in [0.15, 0.2) is 211 Å². The van der Waals surface area contributed by atoms with E-state index in [1.54, 1.807) is 0 Å². The van der Waals surface area contributed by atoms with Gasteiger partial charge in [0.1, 0.15) is 0 Å². The molecule has 0 aliphatic heterocycles. The molecule has 0 bridgehead atoms. The van der Waals surface area contributed by atoms with Crippen molar-refractivity contribution in [3.63, 3.8) is 0 Å². The minimum Gasteiger partial charge on any atom is -0.310 e. The Hall–Kier alpha value is -6.94. The van der Waals surface area contributed by atoms with Gasteiger partial charge in [0.2, 0.25) is 0 Å². The zero-order chi connectivity index (χ0) is 39.2. The fraction of sp³-hybridized carbons (Fsp3) is 0.0182. The maximum absolute atomic E-state index is 3.93. The Labute approximate surface area is 347 Å². The van der Waals surface area contributed by atoms with Crippen molar-refractivity contribution in [1.82, 2.24) is 0 Å². The Balaban J connectivity index is 1.22. The molecule has 0 aromatic heterocycles. The molecule has 276 valence electrons. The Bertz CT molecular complexity index is 3100. The van der Waals surface area contributed by atoms with E-state index in [-0.39, 0.29) is 0 Å². The van der Waals surface area contributed by atoms with Gasteiger partial charge in [-0.2, -0.15) is 0 Å². The van der Waals surface area contributed by atoms with Crippen molar-refractivity contribution >= 4 is 110 Å². The van der Waals surface area contributed by atoms with Crippen molar-refractivity contribution in [2.24, 2.45) is 0 Å². The van der Waals surface area contributed by atoms with E-state index in [0.717, 1.165) is 38.6 Å². The van der Waals surface area contributed by atoms with Crippen LogP contribution in [0.4, 0.5) is 34.1 Å². The summed E-state index contributed by atoms with van der Waals surface area (Å²) < 4.78 is 1.04. The van der Waals surface area contributed by atoms with Crippen LogP contribution in [-0.4, -0.2) is 0 Å². The first-order chi connectivity index (χ1) is 28.6. The third-order valence-electron chi connectivity index (χ3n) is 11.3. The number of hydrogen-bond acceptors (Lipinski definition) is 2. The van der Waals surface area contributed by atoms with Gasteiger partial charge in [0.05, 0.1) is 17.1 Å². The number of hydrogen-bond donors (Lipinski definition) is 0. The normalized spacial score (nSPS) is 11.6. The molecule has 2 nitrogen and oxygen atoms in total. The van der Waals surface area contributed by atoms with E-state index in [1.165, 1.54) is 65.0 Å². The average molecular weight is 808 g/mol. The van der Waals surface area contributed by atoms with Crippen molar-refractivity contribution in [1.29, 1.82) is 0 Å². The highest BCUT2D eigenvalue weighted by Crippen LogP contribution is 2.47. The molecule has 10 aromatic carbocycles. The minimum absolute atomic E-state index is 1.04. The second-order valence-electron chi connectivity index (χ2n) is 14.8. The lowest BCUT2D eigenvalue weighted by molar-refractivity contribution is 1.27. The molecule has 0 atom stereocenters. The van der Waals surface area contributed by atoms with Crippen LogP contribution >= 0.6 is 15.9 Å². The van der Waals surface area contributed by atoms with E-state index in [0.29, 0.717) is 0 Å². The molecule has 0 unspecified atom stereocenters. The maximum Gasteiger partial charge on any atom is 0.0546 e.